The molecule has 0 saturated carbocycles. The first kappa shape index (κ1) is 34.7. The number of hydrogen-bond donors (Lipinski definition) is 4. The van der Waals surface area contributed by atoms with Crippen LogP contribution in [0.2, 0.25) is 0 Å². The van der Waals surface area contributed by atoms with Gasteiger partial charge in [0, 0.05) is 57.0 Å². The molecule has 0 aliphatic carbocycles. The van der Waals surface area contributed by atoms with Crippen molar-refractivity contribution >= 4 is 35.4 Å². The number of halogens is 4. The number of nitrogens with one attached hydrogen (secondary N) is 2. The van der Waals surface area contributed by atoms with Crippen LogP contribution in [0, 0.1) is 24.1 Å². The largest absolute Gasteiger partial charge is 0.483 e. The van der Waals surface area contributed by atoms with Gasteiger partial charge in [-0.05, 0) is 31.0 Å². The molecule has 3 aromatic heterocycles. The summed E-state index contributed by atoms with van der Waals surface area (Å²) in [5, 5.41) is 35.0. The molecule has 0 spiro atoms. The van der Waals surface area contributed by atoms with E-state index in [1.165, 1.54) is 27.9 Å². The lowest BCUT2D eigenvalue weighted by Gasteiger charge is -2.36. The monoisotopic (exact) mass is 686 g/mol. The minimum atomic E-state index is -4.79. The second-order valence-electron chi connectivity index (χ2n) is 11.2. The van der Waals surface area contributed by atoms with Gasteiger partial charge in [0.2, 0.25) is 5.91 Å². The summed E-state index contributed by atoms with van der Waals surface area (Å²) in [5.74, 6) is -1.32. The zero-order valence-corrected chi connectivity index (χ0v) is 25.9. The van der Waals surface area contributed by atoms with Crippen molar-refractivity contribution in [2.75, 3.05) is 38.0 Å². The minimum absolute atomic E-state index is 0.0548. The third-order valence-electron chi connectivity index (χ3n) is 8.02. The number of β-amino-alcohol motifs (C(OH)–C–C–N with tert-alkyl or cyclic N) is 1. The van der Waals surface area contributed by atoms with Crippen molar-refractivity contribution in [3.05, 3.63) is 59.6 Å². The number of nitriles is 1. The van der Waals surface area contributed by atoms with Gasteiger partial charge in [-0.15, -0.1) is 0 Å². The molecule has 258 valence electrons. The van der Waals surface area contributed by atoms with Gasteiger partial charge < -0.3 is 30.6 Å². The van der Waals surface area contributed by atoms with E-state index in [-0.39, 0.29) is 79.1 Å². The van der Waals surface area contributed by atoms with Gasteiger partial charge in [0.25, 0.3) is 12.4 Å². The van der Waals surface area contributed by atoms with Gasteiger partial charge in [0.05, 0.1) is 41.2 Å². The summed E-state index contributed by atoms with van der Waals surface area (Å²) in [4.78, 5) is 46.0. The Morgan fingerprint density at radius 1 is 1.18 bits per heavy atom. The van der Waals surface area contributed by atoms with E-state index < -0.39 is 35.7 Å². The first-order valence-electron chi connectivity index (χ1n) is 14.8. The normalized spacial score (nSPS) is 17.7. The number of hydrogen-bond acceptors (Lipinski definition) is 10. The average molecular weight is 687 g/mol. The number of nitrogens with zero attached hydrogens (tertiary/aromatic N) is 8. The maximum atomic E-state index is 15.5. The second-order valence-corrected chi connectivity index (χ2v) is 11.2. The molecule has 0 bridgehead atoms. The SMILES string of the molecule is Cc1cc(Nc2nccn3c(-c4cn(CC#N)nc4C(F)(F)F)cnc23)cc(F)c1C(=O)N1CCN(C(=O)[C@@H]2C[C@@H](O)CN2)CC1.O=CO. The molecule has 2 amide bonds. The standard InChI is InChI=1S/C29H28F4N10O3.CH2O2/c1-16-10-17(11-20(30)23(16)28(46)41-8-6-40(7-9-41)27(45)21-12-18(44)13-36-21)38-25-26-37-14-22(43(26)5-3-35-25)19-15-42(4-2-34)39-24(19)29(31,32)33;2-1-3/h3,5,10-11,14-15,18,21,36,44H,4,6-9,12-13H2,1H3,(H,35,38);1H,(H,2,3)/t18-,21+;/m1./s1. The molecule has 2 atom stereocenters. The predicted octanol–water partition coefficient (Wildman–Crippen LogP) is 2.03. The molecule has 19 heteroatoms. The van der Waals surface area contributed by atoms with Crippen LogP contribution in [0.3, 0.4) is 0 Å². The van der Waals surface area contributed by atoms with E-state index in [4.69, 9.17) is 15.2 Å². The number of piperazine rings is 1. The fourth-order valence-corrected chi connectivity index (χ4v) is 5.82. The molecule has 0 radical (unpaired) electrons. The molecule has 4 aromatic rings. The summed E-state index contributed by atoms with van der Waals surface area (Å²) in [6.07, 6.45) is 0.0725. The number of carbonyl (C=O) groups is 3. The van der Waals surface area contributed by atoms with Crippen LogP contribution in [-0.2, 0) is 22.3 Å². The van der Waals surface area contributed by atoms with Crippen molar-refractivity contribution in [3.8, 4) is 17.3 Å². The Bertz CT molecular complexity index is 1890. The Morgan fingerprint density at radius 2 is 1.88 bits per heavy atom. The number of carbonyl (C=O) groups excluding carboxylic acids is 2. The Labute approximate surface area is 275 Å². The van der Waals surface area contributed by atoms with Gasteiger partial charge in [-0.1, -0.05) is 0 Å². The fraction of sp³-hybridized carbons (Fsp3) is 0.367. The number of anilines is 2. The molecule has 2 aliphatic heterocycles. The number of rotatable bonds is 6. The first-order valence-corrected chi connectivity index (χ1v) is 14.8. The van der Waals surface area contributed by atoms with Crippen molar-refractivity contribution in [1.29, 1.82) is 5.26 Å². The Hall–Kier alpha value is -5.61. The molecule has 5 heterocycles. The molecule has 2 aliphatic rings. The van der Waals surface area contributed by atoms with Crippen LogP contribution in [-0.4, -0.2) is 107 Å². The Balaban J connectivity index is 0.00000151. The van der Waals surface area contributed by atoms with Gasteiger partial charge >= 0.3 is 6.18 Å². The van der Waals surface area contributed by atoms with Crippen molar-refractivity contribution < 1.29 is 42.2 Å². The van der Waals surface area contributed by atoms with Crippen LogP contribution in [0.4, 0.5) is 29.1 Å². The number of carboxylic acid groups (broad SMARTS) is 1. The first-order chi connectivity index (χ1) is 23.4. The number of amides is 2. The van der Waals surface area contributed by atoms with E-state index in [1.807, 2.05) is 0 Å². The molecule has 49 heavy (non-hydrogen) atoms. The molecular weight excluding hydrogens is 656 g/mol. The van der Waals surface area contributed by atoms with Crippen LogP contribution in [0.15, 0.2) is 36.9 Å². The molecule has 15 nitrogen and oxygen atoms in total. The molecule has 4 N–H and O–H groups in total. The Kier molecular flexibility index (Phi) is 10.1. The maximum absolute atomic E-state index is 15.5. The summed E-state index contributed by atoms with van der Waals surface area (Å²) in [5.41, 5.74) is -0.800. The highest BCUT2D eigenvalue weighted by Crippen LogP contribution is 2.37. The number of benzene rings is 1. The smallest absolute Gasteiger partial charge is 0.435 e. The molecule has 2 fully saturated rings. The topological polar surface area (TPSA) is 194 Å². The van der Waals surface area contributed by atoms with E-state index in [1.54, 1.807) is 24.0 Å². The highest BCUT2D eigenvalue weighted by atomic mass is 19.4. The number of alkyl halides is 3. The van der Waals surface area contributed by atoms with Gasteiger partial charge in [-0.3, -0.25) is 23.5 Å². The summed E-state index contributed by atoms with van der Waals surface area (Å²) >= 11 is 0. The van der Waals surface area contributed by atoms with E-state index >= 15 is 4.39 Å². The van der Waals surface area contributed by atoms with Gasteiger partial charge in [0.1, 0.15) is 12.4 Å². The van der Waals surface area contributed by atoms with Crippen LogP contribution in [0.5, 0.6) is 0 Å². The van der Waals surface area contributed by atoms with E-state index in [0.29, 0.717) is 18.5 Å². The van der Waals surface area contributed by atoms with Crippen LogP contribution < -0.4 is 10.6 Å². The van der Waals surface area contributed by atoms with Crippen LogP contribution in [0.25, 0.3) is 16.9 Å². The zero-order valence-electron chi connectivity index (χ0n) is 25.9. The number of aliphatic hydroxyl groups excluding tert-OH is 1. The zero-order chi connectivity index (χ0) is 35.5. The number of aromatic nitrogens is 5. The van der Waals surface area contributed by atoms with Gasteiger partial charge in [0.15, 0.2) is 17.2 Å². The number of aryl methyl sites for hydroxylation is 1. The predicted molar refractivity (Wildman–Crippen MR) is 163 cm³/mol. The molecule has 6 rings (SSSR count). The highest BCUT2D eigenvalue weighted by Gasteiger charge is 2.38. The summed E-state index contributed by atoms with van der Waals surface area (Å²) in [6, 6.07) is 3.98. The third-order valence-corrected chi connectivity index (χ3v) is 8.02. The molecular formula is C30H30F4N10O5. The van der Waals surface area contributed by atoms with E-state index in [2.05, 4.69) is 25.7 Å². The second kappa shape index (κ2) is 14.2. The lowest BCUT2D eigenvalue weighted by atomic mass is 10.0. The maximum Gasteiger partial charge on any atom is 0.435 e. The summed E-state index contributed by atoms with van der Waals surface area (Å²) in [6.45, 7) is 2.31. The molecule has 0 unspecified atom stereocenters. The molecule has 2 saturated heterocycles. The van der Waals surface area contributed by atoms with Crippen molar-refractivity contribution in [1.82, 2.24) is 39.3 Å². The molecule has 1 aromatic carbocycles. The quantitative estimate of drug-likeness (QED) is 0.171. The van der Waals surface area contributed by atoms with Crippen LogP contribution >= 0.6 is 0 Å². The highest BCUT2D eigenvalue weighted by molar-refractivity contribution is 5.97. The lowest BCUT2D eigenvalue weighted by Crippen LogP contribution is -2.54. The number of aliphatic hydroxyl groups is 1. The van der Waals surface area contributed by atoms with Crippen LogP contribution in [0.1, 0.15) is 28.0 Å². The van der Waals surface area contributed by atoms with Crippen molar-refractivity contribution in [2.24, 2.45) is 0 Å². The van der Waals surface area contributed by atoms with E-state index in [0.717, 1.165) is 16.9 Å². The van der Waals surface area contributed by atoms with E-state index in [9.17, 15) is 27.9 Å². The van der Waals surface area contributed by atoms with Crippen molar-refractivity contribution in [2.45, 2.75) is 38.2 Å². The van der Waals surface area contributed by atoms with Gasteiger partial charge in [-0.2, -0.15) is 23.5 Å². The minimum Gasteiger partial charge on any atom is -0.483 e. The third kappa shape index (κ3) is 7.29. The average Bonchev–Trinajstić information content (AvgIpc) is 3.79. The van der Waals surface area contributed by atoms with Gasteiger partial charge in [-0.25, -0.2) is 14.4 Å². The summed E-state index contributed by atoms with van der Waals surface area (Å²) in [7, 11) is 0. The number of imidazole rings is 1. The fourth-order valence-electron chi connectivity index (χ4n) is 5.82. The lowest BCUT2D eigenvalue weighted by molar-refractivity contribution is -0.141. The number of fused-ring (bicyclic) bond motifs is 1. The Morgan fingerprint density at radius 3 is 2.49 bits per heavy atom. The van der Waals surface area contributed by atoms with Crippen molar-refractivity contribution in [3.63, 3.8) is 0 Å². The summed E-state index contributed by atoms with van der Waals surface area (Å²) < 4.78 is 59.0.